The first-order valence-electron chi connectivity index (χ1n) is 10.2. The Bertz CT molecular complexity index is 1280. The molecule has 10 heteroatoms. The highest BCUT2D eigenvalue weighted by molar-refractivity contribution is 8.18. The zero-order chi connectivity index (χ0) is 24.2. The van der Waals surface area contributed by atoms with Crippen LogP contribution >= 0.6 is 11.8 Å². The van der Waals surface area contributed by atoms with E-state index in [1.165, 1.54) is 25.3 Å². The highest BCUT2D eigenvalue weighted by Gasteiger charge is 2.36. The summed E-state index contributed by atoms with van der Waals surface area (Å²) >= 11 is 0.782. The maximum Gasteiger partial charge on any atom is 0.373 e. The SMILES string of the molecule is CCOC(=O)c1ccc(-c2ccc(/C=C3/SC(=O)N(Cc4ccc(C(=O)OC)o4)C3=O)o2)cc1. The van der Waals surface area contributed by atoms with Gasteiger partial charge in [-0.25, -0.2) is 9.59 Å². The van der Waals surface area contributed by atoms with Crippen molar-refractivity contribution in [3.8, 4) is 11.3 Å². The lowest BCUT2D eigenvalue weighted by Crippen LogP contribution is -2.27. The molecule has 174 valence electrons. The van der Waals surface area contributed by atoms with Gasteiger partial charge in [0.05, 0.1) is 30.7 Å². The maximum absolute atomic E-state index is 12.8. The Labute approximate surface area is 198 Å². The van der Waals surface area contributed by atoms with Crippen LogP contribution in [0.25, 0.3) is 17.4 Å². The number of benzene rings is 1. The fourth-order valence-electron chi connectivity index (χ4n) is 3.17. The third kappa shape index (κ3) is 4.81. The minimum atomic E-state index is -0.649. The van der Waals surface area contributed by atoms with Gasteiger partial charge in [-0.15, -0.1) is 0 Å². The average molecular weight is 481 g/mol. The predicted molar refractivity (Wildman–Crippen MR) is 122 cm³/mol. The first-order valence-corrected chi connectivity index (χ1v) is 11.0. The molecule has 2 amide bonds. The third-order valence-corrected chi connectivity index (χ3v) is 5.72. The molecule has 1 aliphatic rings. The van der Waals surface area contributed by atoms with Gasteiger partial charge in [-0.05, 0) is 55.1 Å². The summed E-state index contributed by atoms with van der Waals surface area (Å²) in [5.74, 6) is -0.366. The van der Waals surface area contributed by atoms with Crippen LogP contribution in [0.5, 0.6) is 0 Å². The summed E-state index contributed by atoms with van der Waals surface area (Å²) in [7, 11) is 1.23. The molecular weight excluding hydrogens is 462 g/mol. The van der Waals surface area contributed by atoms with Crippen molar-refractivity contribution in [2.45, 2.75) is 13.5 Å². The highest BCUT2D eigenvalue weighted by atomic mass is 32.2. The van der Waals surface area contributed by atoms with Gasteiger partial charge in [-0.3, -0.25) is 14.5 Å². The number of methoxy groups -OCH3 is 1. The molecule has 0 unspecified atom stereocenters. The molecule has 1 aromatic carbocycles. The van der Waals surface area contributed by atoms with Crippen LogP contribution in [0, 0.1) is 0 Å². The lowest BCUT2D eigenvalue weighted by molar-refractivity contribution is -0.123. The normalized spacial score (nSPS) is 14.6. The van der Waals surface area contributed by atoms with E-state index in [1.54, 1.807) is 43.3 Å². The average Bonchev–Trinajstić information content (AvgIpc) is 3.56. The van der Waals surface area contributed by atoms with E-state index < -0.39 is 23.1 Å². The number of thioether (sulfide) groups is 1. The van der Waals surface area contributed by atoms with Gasteiger partial charge in [0.1, 0.15) is 17.3 Å². The number of hydrogen-bond acceptors (Lipinski definition) is 9. The van der Waals surface area contributed by atoms with Gasteiger partial charge in [-0.2, -0.15) is 0 Å². The molecule has 0 N–H and O–H groups in total. The third-order valence-electron chi connectivity index (χ3n) is 4.82. The van der Waals surface area contributed by atoms with Crippen molar-refractivity contribution in [3.05, 3.63) is 76.3 Å². The molecule has 0 saturated carbocycles. The fourth-order valence-corrected chi connectivity index (χ4v) is 3.98. The van der Waals surface area contributed by atoms with Crippen molar-refractivity contribution < 1.29 is 37.5 Å². The Kier molecular flexibility index (Phi) is 6.69. The molecule has 0 bridgehead atoms. The van der Waals surface area contributed by atoms with E-state index in [9.17, 15) is 19.2 Å². The quantitative estimate of drug-likeness (QED) is 0.348. The highest BCUT2D eigenvalue weighted by Crippen LogP contribution is 2.34. The molecule has 0 radical (unpaired) electrons. The van der Waals surface area contributed by atoms with Crippen LogP contribution in [-0.4, -0.2) is 41.7 Å². The van der Waals surface area contributed by atoms with Gasteiger partial charge in [0.25, 0.3) is 11.1 Å². The van der Waals surface area contributed by atoms with E-state index in [4.69, 9.17) is 13.6 Å². The number of hydrogen-bond donors (Lipinski definition) is 0. The zero-order valence-corrected chi connectivity index (χ0v) is 19.0. The van der Waals surface area contributed by atoms with E-state index in [1.807, 2.05) is 0 Å². The summed E-state index contributed by atoms with van der Waals surface area (Å²) in [6, 6.07) is 13.1. The monoisotopic (exact) mass is 481 g/mol. The van der Waals surface area contributed by atoms with Gasteiger partial charge in [-0.1, -0.05) is 12.1 Å². The van der Waals surface area contributed by atoms with Crippen LogP contribution in [0.3, 0.4) is 0 Å². The lowest BCUT2D eigenvalue weighted by atomic mass is 10.1. The molecule has 1 fully saturated rings. The second-order valence-corrected chi connectivity index (χ2v) is 8.02. The van der Waals surface area contributed by atoms with Gasteiger partial charge < -0.3 is 18.3 Å². The van der Waals surface area contributed by atoms with Gasteiger partial charge in [0.2, 0.25) is 5.76 Å². The van der Waals surface area contributed by atoms with Crippen molar-refractivity contribution in [2.24, 2.45) is 0 Å². The van der Waals surface area contributed by atoms with Crippen LogP contribution in [0.2, 0.25) is 0 Å². The molecule has 0 atom stereocenters. The smallest absolute Gasteiger partial charge is 0.373 e. The second-order valence-electron chi connectivity index (χ2n) is 7.03. The summed E-state index contributed by atoms with van der Waals surface area (Å²) in [6.45, 7) is 1.92. The summed E-state index contributed by atoms with van der Waals surface area (Å²) in [6.07, 6.45) is 1.49. The van der Waals surface area contributed by atoms with E-state index >= 15 is 0 Å². The van der Waals surface area contributed by atoms with Crippen LogP contribution in [0.15, 0.2) is 62.3 Å². The number of imide groups is 1. The molecule has 9 nitrogen and oxygen atoms in total. The van der Waals surface area contributed by atoms with Crippen LogP contribution < -0.4 is 0 Å². The Morgan fingerprint density at radius 3 is 2.47 bits per heavy atom. The number of amides is 2. The van der Waals surface area contributed by atoms with Gasteiger partial charge in [0.15, 0.2) is 0 Å². The number of rotatable bonds is 7. The van der Waals surface area contributed by atoms with E-state index in [0.29, 0.717) is 23.7 Å². The molecule has 2 aromatic heterocycles. The van der Waals surface area contributed by atoms with Gasteiger partial charge >= 0.3 is 11.9 Å². The fraction of sp³-hybridized carbons (Fsp3) is 0.167. The van der Waals surface area contributed by atoms with E-state index in [-0.39, 0.29) is 23.0 Å². The Morgan fingerprint density at radius 1 is 1.00 bits per heavy atom. The minimum absolute atomic E-state index is 0.0154. The molecule has 0 aliphatic carbocycles. The number of nitrogens with zero attached hydrogens (tertiary/aromatic N) is 1. The number of esters is 2. The Hall–Kier alpha value is -4.05. The molecule has 1 saturated heterocycles. The Balaban J connectivity index is 1.46. The number of carbonyl (C=O) groups excluding carboxylic acids is 4. The summed E-state index contributed by atoms with van der Waals surface area (Å²) in [5.41, 5.74) is 1.17. The molecule has 3 heterocycles. The first kappa shape index (κ1) is 23.1. The van der Waals surface area contributed by atoms with Crippen molar-refractivity contribution in [1.82, 2.24) is 4.90 Å². The first-order chi connectivity index (χ1) is 16.4. The number of carbonyl (C=O) groups is 4. The van der Waals surface area contributed by atoms with E-state index in [0.717, 1.165) is 22.2 Å². The van der Waals surface area contributed by atoms with Crippen LogP contribution in [-0.2, 0) is 20.8 Å². The van der Waals surface area contributed by atoms with Crippen LogP contribution in [0.1, 0.15) is 39.4 Å². The molecule has 3 aromatic rings. The zero-order valence-electron chi connectivity index (χ0n) is 18.2. The second kappa shape index (κ2) is 9.84. The van der Waals surface area contributed by atoms with Crippen molar-refractivity contribution in [3.63, 3.8) is 0 Å². The topological polar surface area (TPSA) is 116 Å². The lowest BCUT2D eigenvalue weighted by Gasteiger charge is -2.09. The molecular formula is C24H19NO8S. The summed E-state index contributed by atoms with van der Waals surface area (Å²) < 4.78 is 20.7. The van der Waals surface area contributed by atoms with E-state index in [2.05, 4.69) is 4.74 Å². The molecule has 4 rings (SSSR count). The van der Waals surface area contributed by atoms with Crippen molar-refractivity contribution in [2.75, 3.05) is 13.7 Å². The molecule has 1 aliphatic heterocycles. The minimum Gasteiger partial charge on any atom is -0.463 e. The maximum atomic E-state index is 12.8. The van der Waals surface area contributed by atoms with Crippen LogP contribution in [0.4, 0.5) is 4.79 Å². The molecule has 0 spiro atoms. The summed E-state index contributed by atoms with van der Waals surface area (Å²) in [5, 5.41) is -0.464. The predicted octanol–water partition coefficient (Wildman–Crippen LogP) is 4.74. The van der Waals surface area contributed by atoms with Crippen molar-refractivity contribution >= 4 is 40.9 Å². The Morgan fingerprint density at radius 2 is 1.76 bits per heavy atom. The van der Waals surface area contributed by atoms with Gasteiger partial charge in [0, 0.05) is 11.6 Å². The molecule has 34 heavy (non-hydrogen) atoms. The largest absolute Gasteiger partial charge is 0.463 e. The number of ether oxygens (including phenoxy) is 2. The summed E-state index contributed by atoms with van der Waals surface area (Å²) in [4.78, 5) is 49.6. The standard InChI is InChI=1S/C24H19NO8S/c1-3-31-22(27)15-6-4-14(5-7-15)18-10-8-16(32-18)12-20-21(26)25(24(29)34-20)13-17-9-11-19(33-17)23(28)30-2/h4-12H,3,13H2,1-2H3/b20-12+. The van der Waals surface area contributed by atoms with Crippen molar-refractivity contribution in [1.29, 1.82) is 0 Å². The number of furan rings is 2.